The van der Waals surface area contributed by atoms with Gasteiger partial charge in [0.25, 0.3) is 5.91 Å². The van der Waals surface area contributed by atoms with Gasteiger partial charge in [-0.15, -0.1) is 0 Å². The average Bonchev–Trinajstić information content (AvgIpc) is 3.30. The van der Waals surface area contributed by atoms with Crippen molar-refractivity contribution in [1.82, 2.24) is 14.5 Å². The maximum absolute atomic E-state index is 13.9. The van der Waals surface area contributed by atoms with Crippen molar-refractivity contribution < 1.29 is 22.4 Å². The van der Waals surface area contributed by atoms with E-state index in [0.717, 1.165) is 43.7 Å². The quantitative estimate of drug-likeness (QED) is 0.321. The van der Waals surface area contributed by atoms with Crippen LogP contribution >= 0.6 is 0 Å². The number of sulfonamides is 1. The molecule has 2 aliphatic rings. The molecule has 0 aromatic heterocycles. The summed E-state index contributed by atoms with van der Waals surface area (Å²) < 4.78 is 39.4. The number of nitrogens with one attached hydrogen (secondary N) is 3. The van der Waals surface area contributed by atoms with E-state index in [9.17, 15) is 22.4 Å². The Kier molecular flexibility index (Phi) is 8.92. The predicted octanol–water partition coefficient (Wildman–Crippen LogP) is 3.02. The molecule has 0 radical (unpaired) electrons. The molecule has 0 bridgehead atoms. The Morgan fingerprint density at radius 1 is 1.00 bits per heavy atom. The second-order valence-corrected chi connectivity index (χ2v) is 12.7. The van der Waals surface area contributed by atoms with Crippen LogP contribution in [0.25, 0.3) is 11.3 Å². The molecule has 43 heavy (non-hydrogen) atoms. The summed E-state index contributed by atoms with van der Waals surface area (Å²) in [5.74, 6) is -0.832. The van der Waals surface area contributed by atoms with E-state index in [1.54, 1.807) is 42.3 Å². The van der Waals surface area contributed by atoms with Crippen LogP contribution in [0.2, 0.25) is 0 Å². The first-order chi connectivity index (χ1) is 20.5. The molecule has 5 rings (SSSR count). The first kappa shape index (κ1) is 30.4. The summed E-state index contributed by atoms with van der Waals surface area (Å²) in [6.45, 7) is 4.07. The molecular weight excluding hydrogens is 571 g/mol. The topological polar surface area (TPSA) is 114 Å². The Labute approximate surface area is 251 Å². The largest absolute Gasteiger partial charge is 0.354 e. The fourth-order valence-corrected chi connectivity index (χ4v) is 5.46. The van der Waals surface area contributed by atoms with Crippen molar-refractivity contribution in [3.05, 3.63) is 89.2 Å². The smallest absolute Gasteiger partial charge is 0.258 e. The summed E-state index contributed by atoms with van der Waals surface area (Å²) >= 11 is 0. The van der Waals surface area contributed by atoms with E-state index >= 15 is 0 Å². The number of fused-ring (bicyclic) bond motifs is 1. The summed E-state index contributed by atoms with van der Waals surface area (Å²) in [5, 5.41) is 6.10. The Morgan fingerprint density at radius 3 is 2.33 bits per heavy atom. The van der Waals surface area contributed by atoms with Gasteiger partial charge in [0.05, 0.1) is 29.8 Å². The number of halogens is 1. The highest BCUT2D eigenvalue weighted by atomic mass is 32.2. The van der Waals surface area contributed by atoms with E-state index in [-0.39, 0.29) is 18.4 Å². The first-order valence-corrected chi connectivity index (χ1v) is 15.8. The van der Waals surface area contributed by atoms with Gasteiger partial charge in [-0.1, -0.05) is 24.3 Å². The van der Waals surface area contributed by atoms with Crippen molar-refractivity contribution in [2.75, 3.05) is 68.6 Å². The highest BCUT2D eigenvalue weighted by Crippen LogP contribution is 2.38. The molecule has 1 saturated heterocycles. The molecule has 2 amide bonds. The second-order valence-electron chi connectivity index (χ2n) is 10.9. The SMILES string of the molecule is CN1CCN(CC(=O)N(C)c2ccc(N/C(=C3\C(=O)Nc4cc(F)ccc43)c3ccc(CNS(C)(=O)=O)cc3)cc2)CC1. The van der Waals surface area contributed by atoms with Gasteiger partial charge in [0.1, 0.15) is 5.82 Å². The van der Waals surface area contributed by atoms with E-state index in [2.05, 4.69) is 32.2 Å². The third kappa shape index (κ3) is 7.46. The lowest BCUT2D eigenvalue weighted by molar-refractivity contribution is -0.119. The number of nitrogens with zero attached hydrogens (tertiary/aromatic N) is 3. The van der Waals surface area contributed by atoms with Crippen LogP contribution in [0.3, 0.4) is 0 Å². The van der Waals surface area contributed by atoms with Crippen molar-refractivity contribution in [1.29, 1.82) is 0 Å². The summed E-state index contributed by atoms with van der Waals surface area (Å²) in [4.78, 5) is 32.2. The Morgan fingerprint density at radius 2 is 1.67 bits per heavy atom. The molecule has 0 atom stereocenters. The molecule has 3 aromatic carbocycles. The zero-order valence-corrected chi connectivity index (χ0v) is 25.2. The molecule has 226 valence electrons. The Bertz CT molecular complexity index is 1650. The third-order valence-corrected chi connectivity index (χ3v) is 8.28. The van der Waals surface area contributed by atoms with Gasteiger partial charge in [-0.2, -0.15) is 0 Å². The number of piperazine rings is 1. The number of hydrogen-bond donors (Lipinski definition) is 3. The summed E-state index contributed by atoms with van der Waals surface area (Å²) in [5.41, 5.74) is 4.61. The van der Waals surface area contributed by atoms with Gasteiger partial charge in [0, 0.05) is 56.7 Å². The fourth-order valence-electron chi connectivity index (χ4n) is 5.04. The molecule has 3 N–H and O–H groups in total. The van der Waals surface area contributed by atoms with Gasteiger partial charge in [-0.3, -0.25) is 14.5 Å². The summed E-state index contributed by atoms with van der Waals surface area (Å²) in [6, 6.07) is 18.6. The van der Waals surface area contributed by atoms with Crippen molar-refractivity contribution in [2.24, 2.45) is 0 Å². The number of likely N-dealkylation sites (N-methyl/N-ethyl adjacent to an activating group) is 2. The van der Waals surface area contributed by atoms with Crippen LogP contribution in [-0.2, 0) is 26.2 Å². The highest BCUT2D eigenvalue weighted by molar-refractivity contribution is 7.88. The van der Waals surface area contributed by atoms with Crippen LogP contribution in [0.5, 0.6) is 0 Å². The highest BCUT2D eigenvalue weighted by Gasteiger charge is 2.29. The summed E-state index contributed by atoms with van der Waals surface area (Å²) in [6.07, 6.45) is 1.10. The van der Waals surface area contributed by atoms with Gasteiger partial charge in [0.2, 0.25) is 15.9 Å². The summed E-state index contributed by atoms with van der Waals surface area (Å²) in [7, 11) is 0.480. The van der Waals surface area contributed by atoms with Crippen molar-refractivity contribution in [3.8, 4) is 0 Å². The maximum atomic E-state index is 13.9. The van der Waals surface area contributed by atoms with Gasteiger partial charge >= 0.3 is 0 Å². The molecular formula is C31H35FN6O4S. The predicted molar refractivity (Wildman–Crippen MR) is 167 cm³/mol. The molecule has 3 aromatic rings. The molecule has 10 nitrogen and oxygen atoms in total. The number of amides is 2. The molecule has 0 spiro atoms. The van der Waals surface area contributed by atoms with Crippen molar-refractivity contribution >= 4 is 50.2 Å². The van der Waals surface area contributed by atoms with Crippen LogP contribution in [0.15, 0.2) is 66.7 Å². The van der Waals surface area contributed by atoms with Crippen molar-refractivity contribution in [3.63, 3.8) is 0 Å². The van der Waals surface area contributed by atoms with Gasteiger partial charge in [-0.25, -0.2) is 17.5 Å². The minimum Gasteiger partial charge on any atom is -0.354 e. The van der Waals surface area contributed by atoms with Crippen LogP contribution in [0, 0.1) is 5.82 Å². The first-order valence-electron chi connectivity index (χ1n) is 13.9. The van der Waals surface area contributed by atoms with E-state index in [1.807, 2.05) is 24.3 Å². The van der Waals surface area contributed by atoms with Crippen LogP contribution in [0.4, 0.5) is 21.5 Å². The number of carbonyl (C=O) groups excluding carboxylic acids is 2. The van der Waals surface area contributed by atoms with Crippen LogP contribution in [0.1, 0.15) is 16.7 Å². The van der Waals surface area contributed by atoms with E-state index < -0.39 is 15.8 Å². The third-order valence-electron chi connectivity index (χ3n) is 7.61. The van der Waals surface area contributed by atoms with E-state index in [0.29, 0.717) is 40.3 Å². The Hall–Kier alpha value is -4.10. The lowest BCUT2D eigenvalue weighted by Gasteiger charge is -2.32. The van der Waals surface area contributed by atoms with Gasteiger partial charge in [0.15, 0.2) is 0 Å². The van der Waals surface area contributed by atoms with E-state index in [4.69, 9.17) is 0 Å². The average molecular weight is 607 g/mol. The van der Waals surface area contributed by atoms with E-state index in [1.165, 1.54) is 12.1 Å². The number of anilines is 3. The number of benzene rings is 3. The lowest BCUT2D eigenvalue weighted by Crippen LogP contribution is -2.48. The molecule has 0 unspecified atom stereocenters. The molecule has 2 heterocycles. The number of rotatable bonds is 9. The van der Waals surface area contributed by atoms with Crippen LogP contribution < -0.4 is 20.3 Å². The Balaban J connectivity index is 1.40. The maximum Gasteiger partial charge on any atom is 0.258 e. The van der Waals surface area contributed by atoms with Gasteiger partial charge in [-0.05, 0) is 60.6 Å². The molecule has 2 aliphatic heterocycles. The minimum atomic E-state index is -3.36. The monoisotopic (exact) mass is 606 g/mol. The van der Waals surface area contributed by atoms with Crippen LogP contribution in [-0.4, -0.2) is 83.1 Å². The number of hydrogen-bond acceptors (Lipinski definition) is 7. The van der Waals surface area contributed by atoms with Gasteiger partial charge < -0.3 is 20.4 Å². The fraction of sp³-hybridized carbons (Fsp3) is 0.290. The molecule has 0 aliphatic carbocycles. The molecule has 12 heteroatoms. The lowest BCUT2D eigenvalue weighted by atomic mass is 9.99. The zero-order valence-electron chi connectivity index (χ0n) is 24.4. The molecule has 1 fully saturated rings. The molecule has 0 saturated carbocycles. The second kappa shape index (κ2) is 12.6. The normalized spacial score (nSPS) is 16.9. The standard InChI is InChI=1S/C31H35FN6O4S/c1-36-14-16-38(17-15-36)20-28(39)37(2)25-11-9-24(10-12-25)34-30(22-6-4-21(5-7-22)19-33-43(3,41)42)29-26-13-8-23(32)18-27(26)35-31(29)40/h4-13,18,33-34H,14-17,19-20H2,1-3H3,(H,35,40)/b30-29-. The number of carbonyl (C=O) groups is 2. The minimum absolute atomic E-state index is 0.00462. The van der Waals surface area contributed by atoms with Crippen molar-refractivity contribution in [2.45, 2.75) is 6.54 Å². The zero-order chi connectivity index (χ0) is 30.7.